The molecule has 0 N–H and O–H groups in total. The molecule has 0 aliphatic carbocycles. The van der Waals surface area contributed by atoms with Crippen LogP contribution < -0.4 is 0 Å². The molecule has 0 saturated carbocycles. The molecule has 0 atom stereocenters. The van der Waals surface area contributed by atoms with Crippen LogP contribution in [0.25, 0.3) is 5.57 Å². The Morgan fingerprint density at radius 2 is 2.11 bits per heavy atom. The van der Waals surface area contributed by atoms with Crippen LogP contribution in [0.1, 0.15) is 44.0 Å². The van der Waals surface area contributed by atoms with E-state index in [2.05, 4.69) is 36.8 Å². The third-order valence-corrected chi connectivity index (χ3v) is 3.02. The van der Waals surface area contributed by atoms with E-state index in [1.807, 2.05) is 18.4 Å². The molecule has 0 spiro atoms. The maximum absolute atomic E-state index is 9.00. The normalized spacial score (nSPS) is 15.1. The first-order chi connectivity index (χ1) is 8.52. The minimum atomic E-state index is -0.0232. The first-order valence-electron chi connectivity index (χ1n) is 6.12. The first-order valence-corrected chi connectivity index (χ1v) is 6.12. The Morgan fingerprint density at radius 1 is 1.33 bits per heavy atom. The molecule has 1 aliphatic rings. The van der Waals surface area contributed by atoms with Gasteiger partial charge in [0.2, 0.25) is 0 Å². The zero-order valence-electron chi connectivity index (χ0n) is 11.1. The maximum Gasteiger partial charge on any atom is 0.101 e. The fourth-order valence-corrected chi connectivity index (χ4v) is 2.04. The van der Waals surface area contributed by atoms with Crippen LogP contribution in [0.2, 0.25) is 0 Å². The second-order valence-electron chi connectivity index (χ2n) is 5.48. The molecular formula is C15H17N3. The highest BCUT2D eigenvalue weighted by Gasteiger charge is 2.21. The van der Waals surface area contributed by atoms with Crippen molar-refractivity contribution in [3.63, 3.8) is 0 Å². The highest BCUT2D eigenvalue weighted by Crippen LogP contribution is 2.31. The summed E-state index contributed by atoms with van der Waals surface area (Å²) in [6.07, 6.45) is 6.42. The highest BCUT2D eigenvalue weighted by atomic mass is 14.7. The standard InChI is InChI=1S/C15H17N3/c1-15(2,3)13-8-11(9-16)10-18-14(13)12-4-6-17-7-5-12/h4,6,8,10H,5,7H2,1-3H3. The average Bonchev–Trinajstić information content (AvgIpc) is 2.38. The summed E-state index contributed by atoms with van der Waals surface area (Å²) in [7, 11) is 0. The Labute approximate surface area is 108 Å². The fraction of sp³-hybridized carbons (Fsp3) is 0.400. The number of aliphatic imine (C=N–C) groups is 1. The molecule has 1 aromatic rings. The van der Waals surface area contributed by atoms with Crippen molar-refractivity contribution in [2.45, 2.75) is 32.6 Å². The van der Waals surface area contributed by atoms with Gasteiger partial charge < -0.3 is 0 Å². The smallest absolute Gasteiger partial charge is 0.101 e. The summed E-state index contributed by atoms with van der Waals surface area (Å²) < 4.78 is 0. The summed E-state index contributed by atoms with van der Waals surface area (Å²) in [4.78, 5) is 8.68. The Hall–Kier alpha value is -1.95. The lowest BCUT2D eigenvalue weighted by atomic mass is 9.83. The van der Waals surface area contributed by atoms with Gasteiger partial charge in [-0.15, -0.1) is 0 Å². The minimum absolute atomic E-state index is 0.0232. The van der Waals surface area contributed by atoms with Crippen molar-refractivity contribution in [1.82, 2.24) is 4.98 Å². The molecule has 0 saturated heterocycles. The van der Waals surface area contributed by atoms with Crippen molar-refractivity contribution in [1.29, 1.82) is 5.26 Å². The van der Waals surface area contributed by atoms with Crippen LogP contribution in [0.5, 0.6) is 0 Å². The molecule has 0 radical (unpaired) electrons. The molecule has 3 nitrogen and oxygen atoms in total. The quantitative estimate of drug-likeness (QED) is 0.756. The van der Waals surface area contributed by atoms with Crippen molar-refractivity contribution in [2.75, 3.05) is 6.54 Å². The van der Waals surface area contributed by atoms with Gasteiger partial charge in [-0.05, 0) is 35.1 Å². The number of pyridine rings is 1. The van der Waals surface area contributed by atoms with E-state index in [4.69, 9.17) is 5.26 Å². The molecule has 2 rings (SSSR count). The van der Waals surface area contributed by atoms with E-state index >= 15 is 0 Å². The van der Waals surface area contributed by atoms with Crippen LogP contribution in [0.3, 0.4) is 0 Å². The molecule has 18 heavy (non-hydrogen) atoms. The lowest BCUT2D eigenvalue weighted by molar-refractivity contribution is 0.584. The highest BCUT2D eigenvalue weighted by molar-refractivity contribution is 5.86. The predicted molar refractivity (Wildman–Crippen MR) is 73.6 cm³/mol. The van der Waals surface area contributed by atoms with Crippen LogP contribution in [0, 0.1) is 11.3 Å². The lowest BCUT2D eigenvalue weighted by Gasteiger charge is -2.23. The number of hydrogen-bond acceptors (Lipinski definition) is 3. The van der Waals surface area contributed by atoms with Crippen LogP contribution >= 0.6 is 0 Å². The zero-order valence-corrected chi connectivity index (χ0v) is 11.1. The number of dihydropyridines is 1. The fourth-order valence-electron chi connectivity index (χ4n) is 2.04. The summed E-state index contributed by atoms with van der Waals surface area (Å²) >= 11 is 0. The van der Waals surface area contributed by atoms with Gasteiger partial charge in [-0.1, -0.05) is 20.8 Å². The molecule has 0 aromatic carbocycles. The molecule has 3 heteroatoms. The van der Waals surface area contributed by atoms with E-state index in [1.165, 1.54) is 5.57 Å². The number of aromatic nitrogens is 1. The second kappa shape index (κ2) is 4.73. The van der Waals surface area contributed by atoms with Crippen LogP contribution in [0.4, 0.5) is 0 Å². The van der Waals surface area contributed by atoms with E-state index in [0.29, 0.717) is 5.56 Å². The number of nitriles is 1. The van der Waals surface area contributed by atoms with Crippen LogP contribution in [-0.4, -0.2) is 17.7 Å². The van der Waals surface area contributed by atoms with Crippen molar-refractivity contribution < 1.29 is 0 Å². The van der Waals surface area contributed by atoms with Gasteiger partial charge in [-0.3, -0.25) is 9.98 Å². The number of rotatable bonds is 1. The molecule has 0 unspecified atom stereocenters. The van der Waals surface area contributed by atoms with Gasteiger partial charge >= 0.3 is 0 Å². The van der Waals surface area contributed by atoms with Gasteiger partial charge in [-0.2, -0.15) is 5.26 Å². The zero-order chi connectivity index (χ0) is 13.2. The summed E-state index contributed by atoms with van der Waals surface area (Å²) in [6.45, 7) is 7.25. The molecule has 2 heterocycles. The molecule has 1 aromatic heterocycles. The summed E-state index contributed by atoms with van der Waals surface area (Å²) in [5.41, 5.74) is 3.94. The predicted octanol–water partition coefficient (Wildman–Crippen LogP) is 3.11. The average molecular weight is 239 g/mol. The summed E-state index contributed by atoms with van der Waals surface area (Å²) in [5.74, 6) is 0. The monoisotopic (exact) mass is 239 g/mol. The van der Waals surface area contributed by atoms with Gasteiger partial charge in [0.05, 0.1) is 11.3 Å². The van der Waals surface area contributed by atoms with Gasteiger partial charge in [0, 0.05) is 19.0 Å². The maximum atomic E-state index is 9.00. The van der Waals surface area contributed by atoms with Crippen molar-refractivity contribution >= 4 is 11.8 Å². The lowest BCUT2D eigenvalue weighted by Crippen LogP contribution is -2.16. The number of allylic oxidation sites excluding steroid dienone is 1. The molecule has 92 valence electrons. The SMILES string of the molecule is CC(C)(C)c1cc(C#N)cnc1C1=CC=NCC1. The molecular weight excluding hydrogens is 222 g/mol. The van der Waals surface area contributed by atoms with Crippen molar-refractivity contribution in [2.24, 2.45) is 4.99 Å². The topological polar surface area (TPSA) is 49.0 Å². The van der Waals surface area contributed by atoms with E-state index in [9.17, 15) is 0 Å². The first kappa shape index (κ1) is 12.5. The van der Waals surface area contributed by atoms with Gasteiger partial charge in [0.1, 0.15) is 6.07 Å². The van der Waals surface area contributed by atoms with E-state index in [0.717, 1.165) is 24.2 Å². The third-order valence-electron chi connectivity index (χ3n) is 3.02. The summed E-state index contributed by atoms with van der Waals surface area (Å²) in [5, 5.41) is 9.00. The largest absolute Gasteiger partial charge is 0.293 e. The Kier molecular flexibility index (Phi) is 3.29. The molecule has 0 amide bonds. The van der Waals surface area contributed by atoms with Crippen LogP contribution in [0.15, 0.2) is 23.3 Å². The van der Waals surface area contributed by atoms with Crippen molar-refractivity contribution in [3.8, 4) is 6.07 Å². The molecule has 0 fully saturated rings. The Balaban J connectivity index is 2.57. The van der Waals surface area contributed by atoms with Gasteiger partial charge in [0.15, 0.2) is 0 Å². The summed E-state index contributed by atoms with van der Waals surface area (Å²) in [6, 6.07) is 4.11. The number of nitrogens with zero attached hydrogens (tertiary/aromatic N) is 3. The number of hydrogen-bond donors (Lipinski definition) is 0. The third kappa shape index (κ3) is 2.48. The van der Waals surface area contributed by atoms with E-state index in [1.54, 1.807) is 6.20 Å². The van der Waals surface area contributed by atoms with Gasteiger partial charge in [-0.25, -0.2) is 0 Å². The van der Waals surface area contributed by atoms with Crippen molar-refractivity contribution in [3.05, 3.63) is 35.2 Å². The van der Waals surface area contributed by atoms with E-state index < -0.39 is 0 Å². The molecule has 1 aliphatic heterocycles. The van der Waals surface area contributed by atoms with Crippen LogP contribution in [-0.2, 0) is 5.41 Å². The Morgan fingerprint density at radius 3 is 2.67 bits per heavy atom. The minimum Gasteiger partial charge on any atom is -0.293 e. The Bertz CT molecular complexity index is 554. The second-order valence-corrected chi connectivity index (χ2v) is 5.48. The van der Waals surface area contributed by atoms with E-state index in [-0.39, 0.29) is 5.41 Å². The molecule has 0 bridgehead atoms. The van der Waals surface area contributed by atoms with Gasteiger partial charge in [0.25, 0.3) is 0 Å².